The summed E-state index contributed by atoms with van der Waals surface area (Å²) in [4.78, 5) is 4.03. The van der Waals surface area contributed by atoms with E-state index < -0.39 is 11.2 Å². The number of halogens is 3. The van der Waals surface area contributed by atoms with Crippen LogP contribution in [0.1, 0.15) is 35.7 Å². The summed E-state index contributed by atoms with van der Waals surface area (Å²) in [6.07, 6.45) is -1.48. The fourth-order valence-electron chi connectivity index (χ4n) is 1.53. The highest BCUT2D eigenvalue weighted by Crippen LogP contribution is 2.35. The molecule has 0 aliphatic heterocycles. The first-order valence-electron chi connectivity index (χ1n) is 5.61. The maximum absolute atomic E-state index is 12.4. The van der Waals surface area contributed by atoms with E-state index >= 15 is 0 Å². The van der Waals surface area contributed by atoms with Gasteiger partial charge < -0.3 is 10.1 Å². The molecule has 0 spiro atoms. The van der Waals surface area contributed by atoms with Gasteiger partial charge in [0.15, 0.2) is 5.01 Å². The molecule has 0 aromatic carbocycles. The number of alkyl halides is 3. The summed E-state index contributed by atoms with van der Waals surface area (Å²) in [5.74, 6) is 0. The third-order valence-electron chi connectivity index (χ3n) is 2.72. The Morgan fingerprint density at radius 3 is 2.56 bits per heavy atom. The van der Waals surface area contributed by atoms with Crippen LogP contribution in [0, 0.1) is 0 Å². The van der Waals surface area contributed by atoms with Crippen LogP contribution in [0.3, 0.4) is 0 Å². The molecule has 3 nitrogen and oxygen atoms in total. The number of nitrogens with zero attached hydrogens (tertiary/aromatic N) is 1. The van der Waals surface area contributed by atoms with Gasteiger partial charge in [-0.2, -0.15) is 13.2 Å². The molecule has 2 atom stereocenters. The highest BCUT2D eigenvalue weighted by molar-refractivity contribution is 7.11. The van der Waals surface area contributed by atoms with Crippen molar-refractivity contribution in [3.8, 4) is 0 Å². The van der Waals surface area contributed by atoms with Crippen molar-refractivity contribution < 1.29 is 17.9 Å². The van der Waals surface area contributed by atoms with E-state index in [0.717, 1.165) is 6.42 Å². The van der Waals surface area contributed by atoms with Crippen LogP contribution in [0.4, 0.5) is 13.2 Å². The zero-order chi connectivity index (χ0) is 13.8. The molecule has 0 saturated heterocycles. The van der Waals surface area contributed by atoms with Gasteiger partial charge in [0.1, 0.15) is 0 Å². The van der Waals surface area contributed by atoms with Crippen LogP contribution in [-0.4, -0.2) is 25.2 Å². The van der Waals surface area contributed by atoms with Crippen molar-refractivity contribution in [2.75, 3.05) is 14.2 Å². The second-order valence-corrected chi connectivity index (χ2v) is 5.09. The highest BCUT2D eigenvalue weighted by atomic mass is 32.1. The molecule has 1 N–H and O–H groups in total. The molecule has 7 heteroatoms. The van der Waals surface area contributed by atoms with Gasteiger partial charge in [0.2, 0.25) is 0 Å². The lowest BCUT2D eigenvalue weighted by Gasteiger charge is -2.16. The van der Waals surface area contributed by atoms with E-state index in [9.17, 15) is 13.2 Å². The molecule has 1 aromatic heterocycles. The van der Waals surface area contributed by atoms with Gasteiger partial charge in [-0.15, -0.1) is 11.3 Å². The maximum atomic E-state index is 12.4. The first kappa shape index (κ1) is 15.4. The van der Waals surface area contributed by atoms with Gasteiger partial charge in [-0.25, -0.2) is 4.98 Å². The van der Waals surface area contributed by atoms with Crippen molar-refractivity contribution in [3.63, 3.8) is 0 Å². The van der Waals surface area contributed by atoms with Crippen LogP contribution in [0.25, 0.3) is 0 Å². The largest absolute Gasteiger partial charge is 0.443 e. The third-order valence-corrected chi connectivity index (χ3v) is 3.88. The Bertz CT molecular complexity index is 367. The minimum absolute atomic E-state index is 0.0934. The van der Waals surface area contributed by atoms with Crippen molar-refractivity contribution in [3.05, 3.63) is 16.1 Å². The van der Waals surface area contributed by atoms with Gasteiger partial charge in [-0.05, 0) is 26.8 Å². The van der Waals surface area contributed by atoms with E-state index in [1.54, 1.807) is 14.2 Å². The van der Waals surface area contributed by atoms with E-state index in [2.05, 4.69) is 10.3 Å². The smallest absolute Gasteiger partial charge is 0.382 e. The number of methoxy groups -OCH3 is 1. The molecule has 2 unspecified atom stereocenters. The molecule has 0 aliphatic carbocycles. The summed E-state index contributed by atoms with van der Waals surface area (Å²) in [7, 11) is 3.35. The Hall–Kier alpha value is -0.660. The van der Waals surface area contributed by atoms with Gasteiger partial charge in [-0.3, -0.25) is 0 Å². The molecule has 0 aliphatic rings. The highest BCUT2D eigenvalue weighted by Gasteiger charge is 2.35. The molecule has 1 rings (SSSR count). The standard InChI is InChI=1S/C11H17F3N2OS/c1-7(17-3)4-5-8(15-2)9-6-16-10(18-9)11(12,13)14/h6-8,15H,4-5H2,1-3H3. The van der Waals surface area contributed by atoms with Crippen LogP contribution < -0.4 is 5.32 Å². The molecule has 1 aromatic rings. The number of ether oxygens (including phenoxy) is 1. The van der Waals surface area contributed by atoms with Crippen molar-refractivity contribution in [2.24, 2.45) is 0 Å². The minimum Gasteiger partial charge on any atom is -0.382 e. The van der Waals surface area contributed by atoms with E-state index in [0.29, 0.717) is 22.6 Å². The van der Waals surface area contributed by atoms with Crippen molar-refractivity contribution in [1.82, 2.24) is 10.3 Å². The summed E-state index contributed by atoms with van der Waals surface area (Å²) in [5.41, 5.74) is 0. The quantitative estimate of drug-likeness (QED) is 0.869. The SMILES string of the molecule is CNC(CCC(C)OC)c1cnc(C(F)(F)F)s1. The number of aromatic nitrogens is 1. The zero-order valence-corrected chi connectivity index (χ0v) is 11.4. The summed E-state index contributed by atoms with van der Waals surface area (Å²) >= 11 is 0.692. The Labute approximate surface area is 108 Å². The topological polar surface area (TPSA) is 34.1 Å². The van der Waals surface area contributed by atoms with E-state index in [1.807, 2.05) is 6.92 Å². The molecule has 1 heterocycles. The summed E-state index contributed by atoms with van der Waals surface area (Å²) in [6.45, 7) is 1.93. The van der Waals surface area contributed by atoms with Crippen molar-refractivity contribution in [2.45, 2.75) is 38.1 Å². The molecule has 0 bridgehead atoms. The first-order chi connectivity index (χ1) is 8.38. The zero-order valence-electron chi connectivity index (χ0n) is 10.5. The number of hydrogen-bond acceptors (Lipinski definition) is 4. The molecule has 0 amide bonds. The van der Waals surface area contributed by atoms with Gasteiger partial charge in [0.05, 0.1) is 6.10 Å². The average molecular weight is 282 g/mol. The van der Waals surface area contributed by atoms with Gasteiger partial charge in [0, 0.05) is 24.2 Å². The summed E-state index contributed by atoms with van der Waals surface area (Å²) in [5, 5.41) is 2.22. The summed E-state index contributed by atoms with van der Waals surface area (Å²) in [6, 6.07) is -0.115. The Kier molecular flexibility index (Phi) is 5.55. The first-order valence-corrected chi connectivity index (χ1v) is 6.43. The molecule has 18 heavy (non-hydrogen) atoms. The van der Waals surface area contributed by atoms with Gasteiger partial charge in [-0.1, -0.05) is 0 Å². The third kappa shape index (κ3) is 4.22. The second-order valence-electron chi connectivity index (χ2n) is 4.03. The predicted octanol–water partition coefficient (Wildman–Crippen LogP) is 3.24. The second kappa shape index (κ2) is 6.49. The molecule has 104 valence electrons. The molecular formula is C11H17F3N2OS. The minimum atomic E-state index is -4.36. The van der Waals surface area contributed by atoms with Gasteiger partial charge >= 0.3 is 6.18 Å². The average Bonchev–Trinajstić information content (AvgIpc) is 2.78. The van der Waals surface area contributed by atoms with E-state index in [-0.39, 0.29) is 12.1 Å². The number of rotatable bonds is 6. The molecule has 0 fully saturated rings. The van der Waals surface area contributed by atoms with Crippen LogP contribution in [-0.2, 0) is 10.9 Å². The van der Waals surface area contributed by atoms with E-state index in [4.69, 9.17) is 4.74 Å². The lowest BCUT2D eigenvalue weighted by atomic mass is 10.1. The lowest BCUT2D eigenvalue weighted by molar-refractivity contribution is -0.137. The lowest BCUT2D eigenvalue weighted by Crippen LogP contribution is -2.17. The fourth-order valence-corrected chi connectivity index (χ4v) is 2.45. The Balaban J connectivity index is 2.68. The predicted molar refractivity (Wildman–Crippen MR) is 64.6 cm³/mol. The Morgan fingerprint density at radius 1 is 1.44 bits per heavy atom. The summed E-state index contributed by atoms with van der Waals surface area (Å²) < 4.78 is 42.5. The number of thiazole rings is 1. The Morgan fingerprint density at radius 2 is 2.11 bits per heavy atom. The molecule has 0 saturated carbocycles. The van der Waals surface area contributed by atoms with Crippen molar-refractivity contribution >= 4 is 11.3 Å². The van der Waals surface area contributed by atoms with Gasteiger partial charge in [0.25, 0.3) is 0 Å². The molecule has 0 radical (unpaired) electrons. The van der Waals surface area contributed by atoms with Crippen LogP contribution in [0.2, 0.25) is 0 Å². The number of hydrogen-bond donors (Lipinski definition) is 1. The van der Waals surface area contributed by atoms with Crippen LogP contribution >= 0.6 is 11.3 Å². The van der Waals surface area contributed by atoms with Crippen LogP contribution in [0.5, 0.6) is 0 Å². The van der Waals surface area contributed by atoms with E-state index in [1.165, 1.54) is 6.20 Å². The number of nitrogens with one attached hydrogen (secondary N) is 1. The molecular weight excluding hydrogens is 265 g/mol. The fraction of sp³-hybridized carbons (Fsp3) is 0.727. The normalized spacial score (nSPS) is 15.7. The van der Waals surface area contributed by atoms with Crippen LogP contribution in [0.15, 0.2) is 6.20 Å². The monoisotopic (exact) mass is 282 g/mol. The maximum Gasteiger partial charge on any atom is 0.443 e. The van der Waals surface area contributed by atoms with Crippen molar-refractivity contribution in [1.29, 1.82) is 0 Å².